The zero-order valence-electron chi connectivity index (χ0n) is 15.1. The fourth-order valence-electron chi connectivity index (χ4n) is 2.52. The van der Waals surface area contributed by atoms with Crippen LogP contribution in [0.1, 0.15) is 49.4 Å². The molecule has 0 aliphatic rings. The summed E-state index contributed by atoms with van der Waals surface area (Å²) in [6, 6.07) is 10.1. The number of anilines is 2. The Morgan fingerprint density at radius 2 is 1.77 bits per heavy atom. The number of nitrogens with zero attached hydrogens (tertiary/aromatic N) is 1. The molecule has 2 aromatic rings. The minimum Gasteiger partial charge on any atom is -0.338 e. The molecule has 0 aliphatic heterocycles. The van der Waals surface area contributed by atoms with Gasteiger partial charge in [-0.15, -0.1) is 0 Å². The minimum absolute atomic E-state index is 0.298. The fourth-order valence-corrected chi connectivity index (χ4v) is 2.52. The van der Waals surface area contributed by atoms with E-state index in [1.54, 1.807) is 48.8 Å². The van der Waals surface area contributed by atoms with Crippen molar-refractivity contribution < 1.29 is 9.59 Å². The molecule has 138 valence electrons. The number of benzene rings is 1. The molecule has 6 heteroatoms. The summed E-state index contributed by atoms with van der Waals surface area (Å²) in [6.07, 6.45) is 8.89. The van der Waals surface area contributed by atoms with Crippen LogP contribution >= 0.6 is 0 Å². The summed E-state index contributed by atoms with van der Waals surface area (Å²) in [5, 5.41) is 8.36. The zero-order valence-corrected chi connectivity index (χ0v) is 15.1. The number of para-hydroxylation sites is 1. The van der Waals surface area contributed by atoms with Crippen LogP contribution in [0.15, 0.2) is 48.8 Å². The highest BCUT2D eigenvalue weighted by atomic mass is 16.2. The molecule has 3 N–H and O–H groups in total. The predicted molar refractivity (Wildman–Crippen MR) is 104 cm³/mol. The van der Waals surface area contributed by atoms with Crippen LogP contribution in [0.3, 0.4) is 0 Å². The smallest absolute Gasteiger partial charge is 0.319 e. The van der Waals surface area contributed by atoms with Gasteiger partial charge in [-0.3, -0.25) is 9.78 Å². The number of unbranched alkanes of at least 4 members (excludes halogenated alkanes) is 4. The summed E-state index contributed by atoms with van der Waals surface area (Å²) in [4.78, 5) is 28.5. The van der Waals surface area contributed by atoms with E-state index in [0.29, 0.717) is 23.5 Å². The van der Waals surface area contributed by atoms with Crippen LogP contribution in [0.4, 0.5) is 16.2 Å². The highest BCUT2D eigenvalue weighted by Crippen LogP contribution is 2.17. The van der Waals surface area contributed by atoms with Gasteiger partial charge >= 0.3 is 6.03 Å². The normalized spacial score (nSPS) is 10.2. The number of carbonyl (C=O) groups excluding carboxylic acids is 2. The lowest BCUT2D eigenvalue weighted by molar-refractivity contribution is 0.102. The number of aromatic nitrogens is 1. The summed E-state index contributed by atoms with van der Waals surface area (Å²) in [5.74, 6) is -0.298. The lowest BCUT2D eigenvalue weighted by Gasteiger charge is -2.12. The van der Waals surface area contributed by atoms with Crippen molar-refractivity contribution in [3.63, 3.8) is 0 Å². The van der Waals surface area contributed by atoms with Gasteiger partial charge in [-0.25, -0.2) is 4.79 Å². The minimum atomic E-state index is -0.304. The second-order valence-corrected chi connectivity index (χ2v) is 6.04. The van der Waals surface area contributed by atoms with E-state index in [-0.39, 0.29) is 11.9 Å². The van der Waals surface area contributed by atoms with E-state index in [1.165, 1.54) is 19.3 Å². The summed E-state index contributed by atoms with van der Waals surface area (Å²) >= 11 is 0. The van der Waals surface area contributed by atoms with Gasteiger partial charge in [-0.2, -0.15) is 0 Å². The van der Waals surface area contributed by atoms with E-state index in [1.807, 2.05) is 0 Å². The highest BCUT2D eigenvalue weighted by molar-refractivity contribution is 6.09. The Bertz CT molecular complexity index is 704. The van der Waals surface area contributed by atoms with Crippen LogP contribution < -0.4 is 16.0 Å². The molecule has 0 fully saturated rings. The first-order chi connectivity index (χ1) is 12.7. The van der Waals surface area contributed by atoms with E-state index >= 15 is 0 Å². The Kier molecular flexibility index (Phi) is 8.12. The van der Waals surface area contributed by atoms with Gasteiger partial charge in [0.25, 0.3) is 5.91 Å². The monoisotopic (exact) mass is 354 g/mol. The predicted octanol–water partition coefficient (Wildman–Crippen LogP) is 4.43. The van der Waals surface area contributed by atoms with Gasteiger partial charge in [0.1, 0.15) is 0 Å². The maximum Gasteiger partial charge on any atom is 0.319 e. The highest BCUT2D eigenvalue weighted by Gasteiger charge is 2.13. The quantitative estimate of drug-likeness (QED) is 0.583. The zero-order chi connectivity index (χ0) is 18.6. The largest absolute Gasteiger partial charge is 0.338 e. The SMILES string of the molecule is CCCCCCCNC(=O)Nc1ccccc1C(=O)Nc1cccnc1. The molecule has 0 unspecified atom stereocenters. The molecular weight excluding hydrogens is 328 g/mol. The summed E-state index contributed by atoms with van der Waals surface area (Å²) in [6.45, 7) is 2.80. The van der Waals surface area contributed by atoms with E-state index in [9.17, 15) is 9.59 Å². The molecule has 0 saturated carbocycles. The van der Waals surface area contributed by atoms with Gasteiger partial charge in [0.15, 0.2) is 0 Å². The molecule has 0 bridgehead atoms. The van der Waals surface area contributed by atoms with Gasteiger partial charge in [0.05, 0.1) is 23.1 Å². The van der Waals surface area contributed by atoms with Crippen molar-refractivity contribution in [2.24, 2.45) is 0 Å². The second-order valence-electron chi connectivity index (χ2n) is 6.04. The molecule has 3 amide bonds. The Morgan fingerprint density at radius 3 is 2.54 bits per heavy atom. The Morgan fingerprint density at radius 1 is 0.962 bits per heavy atom. The number of nitrogens with one attached hydrogen (secondary N) is 3. The number of amides is 3. The van der Waals surface area contributed by atoms with Gasteiger partial charge in [-0.05, 0) is 30.7 Å². The number of hydrogen-bond acceptors (Lipinski definition) is 3. The van der Waals surface area contributed by atoms with E-state index in [4.69, 9.17) is 0 Å². The van der Waals surface area contributed by atoms with Crippen LogP contribution in [-0.2, 0) is 0 Å². The third kappa shape index (κ3) is 6.55. The van der Waals surface area contributed by atoms with Crippen molar-refractivity contribution in [1.82, 2.24) is 10.3 Å². The molecule has 6 nitrogen and oxygen atoms in total. The third-order valence-electron chi connectivity index (χ3n) is 3.91. The Balaban J connectivity index is 1.87. The van der Waals surface area contributed by atoms with Crippen LogP contribution in [-0.4, -0.2) is 23.5 Å². The maximum atomic E-state index is 12.5. The topological polar surface area (TPSA) is 83.1 Å². The van der Waals surface area contributed by atoms with E-state index < -0.39 is 0 Å². The van der Waals surface area contributed by atoms with Gasteiger partial charge in [-0.1, -0.05) is 44.7 Å². The van der Waals surface area contributed by atoms with Gasteiger partial charge in [0.2, 0.25) is 0 Å². The maximum absolute atomic E-state index is 12.5. The molecule has 0 saturated heterocycles. The first-order valence-electron chi connectivity index (χ1n) is 9.06. The lowest BCUT2D eigenvalue weighted by atomic mass is 10.1. The Labute approximate surface area is 154 Å². The van der Waals surface area contributed by atoms with Crippen molar-refractivity contribution in [3.8, 4) is 0 Å². The number of pyridine rings is 1. The van der Waals surface area contributed by atoms with Gasteiger partial charge < -0.3 is 16.0 Å². The molecule has 1 aromatic carbocycles. The van der Waals surface area contributed by atoms with E-state index in [0.717, 1.165) is 12.8 Å². The number of urea groups is 1. The average molecular weight is 354 g/mol. The second kappa shape index (κ2) is 10.9. The Hall–Kier alpha value is -2.89. The molecule has 1 aromatic heterocycles. The fraction of sp³-hybridized carbons (Fsp3) is 0.350. The molecule has 0 atom stereocenters. The van der Waals surface area contributed by atoms with Crippen molar-refractivity contribution >= 4 is 23.3 Å². The standard InChI is InChI=1S/C20H26N4O2/c1-2-3-4-5-8-14-22-20(26)24-18-12-7-6-11-17(18)19(25)23-16-10-9-13-21-15-16/h6-7,9-13,15H,2-5,8,14H2,1H3,(H,23,25)(H2,22,24,26). The average Bonchev–Trinajstić information content (AvgIpc) is 2.66. The number of rotatable bonds is 9. The van der Waals surface area contributed by atoms with Crippen LogP contribution in [0.2, 0.25) is 0 Å². The van der Waals surface area contributed by atoms with E-state index in [2.05, 4.69) is 27.9 Å². The lowest BCUT2D eigenvalue weighted by Crippen LogP contribution is -2.30. The van der Waals surface area contributed by atoms with Crippen LogP contribution in [0.5, 0.6) is 0 Å². The van der Waals surface area contributed by atoms with Crippen molar-refractivity contribution in [3.05, 3.63) is 54.4 Å². The molecule has 1 heterocycles. The summed E-state index contributed by atoms with van der Waals surface area (Å²) in [5.41, 5.74) is 1.47. The molecule has 0 spiro atoms. The summed E-state index contributed by atoms with van der Waals surface area (Å²) in [7, 11) is 0. The molecule has 0 aliphatic carbocycles. The molecular formula is C20H26N4O2. The van der Waals surface area contributed by atoms with Crippen LogP contribution in [0.25, 0.3) is 0 Å². The first-order valence-corrected chi connectivity index (χ1v) is 9.06. The van der Waals surface area contributed by atoms with Gasteiger partial charge in [0, 0.05) is 12.7 Å². The number of hydrogen-bond donors (Lipinski definition) is 3. The van der Waals surface area contributed by atoms with Crippen LogP contribution in [0, 0.1) is 0 Å². The molecule has 0 radical (unpaired) electrons. The third-order valence-corrected chi connectivity index (χ3v) is 3.91. The number of carbonyl (C=O) groups is 2. The molecule has 26 heavy (non-hydrogen) atoms. The van der Waals surface area contributed by atoms with Crippen molar-refractivity contribution in [2.75, 3.05) is 17.2 Å². The molecule has 2 rings (SSSR count). The summed E-state index contributed by atoms with van der Waals surface area (Å²) < 4.78 is 0. The first kappa shape index (κ1) is 19.4. The van der Waals surface area contributed by atoms with Crippen molar-refractivity contribution in [1.29, 1.82) is 0 Å². The van der Waals surface area contributed by atoms with Crippen molar-refractivity contribution in [2.45, 2.75) is 39.0 Å².